The lowest BCUT2D eigenvalue weighted by molar-refractivity contribution is -0.248. The smallest absolute Gasteiger partial charge is 0.312 e. The molecule has 0 saturated heterocycles. The maximum absolute atomic E-state index is 13.4. The van der Waals surface area contributed by atoms with E-state index in [1.54, 1.807) is 12.2 Å². The molecule has 9 atom stereocenters. The molecule has 3 nitrogen and oxygen atoms in total. The first-order valence-corrected chi connectivity index (χ1v) is 16.3. The number of allylic oxidation sites excluding steroid dienone is 1. The fraction of sp³-hybridized carbons (Fsp3) is 0.861. The summed E-state index contributed by atoms with van der Waals surface area (Å²) in [5.41, 5.74) is 0.453. The minimum Gasteiger partial charge on any atom is -0.461 e. The number of hydrogen-bond acceptors (Lipinski definition) is 3. The summed E-state index contributed by atoms with van der Waals surface area (Å²) in [6, 6.07) is 0. The summed E-state index contributed by atoms with van der Waals surface area (Å²) in [5.74, 6) is 2.26. The van der Waals surface area contributed by atoms with Crippen LogP contribution in [-0.4, -0.2) is 23.8 Å². The number of aliphatic hydroxyl groups is 1. The van der Waals surface area contributed by atoms with Crippen molar-refractivity contribution in [3.05, 3.63) is 25.3 Å². The van der Waals surface area contributed by atoms with E-state index >= 15 is 0 Å². The average molecular weight is 545 g/mol. The lowest BCUT2D eigenvalue weighted by Crippen LogP contribution is -2.67. The molecule has 0 aliphatic heterocycles. The molecule has 226 valence electrons. The normalized spacial score (nSPS) is 43.9. The molecule has 3 heteroatoms. The van der Waals surface area contributed by atoms with E-state index in [0.717, 1.165) is 38.5 Å². The van der Waals surface area contributed by atoms with Gasteiger partial charge in [-0.05, 0) is 117 Å². The van der Waals surface area contributed by atoms with Gasteiger partial charge in [-0.25, -0.2) is 0 Å². The Balaban J connectivity index is 0.000000998. The quantitative estimate of drug-likeness (QED) is 0.277. The van der Waals surface area contributed by atoms with Gasteiger partial charge in [-0.1, -0.05) is 80.5 Å². The third kappa shape index (κ3) is 5.44. The summed E-state index contributed by atoms with van der Waals surface area (Å²) in [6.45, 7) is 30.3. The first kappa shape index (κ1) is 34.1. The topological polar surface area (TPSA) is 46.5 Å². The van der Waals surface area contributed by atoms with Crippen LogP contribution in [0.15, 0.2) is 25.3 Å². The highest BCUT2D eigenvalue weighted by Crippen LogP contribution is 2.75. The average Bonchev–Trinajstić information content (AvgIpc) is 2.89. The zero-order chi connectivity index (χ0) is 29.9. The Bertz CT molecular complexity index is 846. The first-order chi connectivity index (χ1) is 18.2. The summed E-state index contributed by atoms with van der Waals surface area (Å²) in [4.78, 5) is 13.4. The molecule has 39 heavy (non-hydrogen) atoms. The maximum atomic E-state index is 13.4. The minimum absolute atomic E-state index is 0.00105. The van der Waals surface area contributed by atoms with Gasteiger partial charge in [-0.3, -0.25) is 4.79 Å². The number of carbonyl (C=O) groups excluding carboxylic acids is 1. The molecule has 0 amide bonds. The Kier molecular flexibility index (Phi) is 11.2. The number of aliphatic hydroxyl groups excluding tert-OH is 1. The minimum atomic E-state index is -0.384. The zero-order valence-electron chi connectivity index (χ0n) is 27.5. The fourth-order valence-electron chi connectivity index (χ4n) is 10.6. The summed E-state index contributed by atoms with van der Waals surface area (Å²) in [5, 5.41) is 10.9. The highest BCUT2D eigenvalue weighted by atomic mass is 16.5. The van der Waals surface area contributed by atoms with Gasteiger partial charge in [0.25, 0.3) is 0 Å². The molecule has 0 heterocycles. The number of hydrogen-bond donors (Lipinski definition) is 1. The molecule has 0 aromatic carbocycles. The van der Waals surface area contributed by atoms with Crippen molar-refractivity contribution in [1.82, 2.24) is 0 Å². The van der Waals surface area contributed by atoms with Gasteiger partial charge < -0.3 is 9.84 Å². The Morgan fingerprint density at radius 3 is 2.08 bits per heavy atom. The van der Waals surface area contributed by atoms with Crippen LogP contribution >= 0.6 is 0 Å². The molecule has 1 N–H and O–H groups in total. The van der Waals surface area contributed by atoms with Crippen LogP contribution in [0.5, 0.6) is 0 Å². The Labute approximate surface area is 242 Å². The summed E-state index contributed by atoms with van der Waals surface area (Å²) in [7, 11) is 0. The number of fused-ring (bicyclic) bond motifs is 5. The largest absolute Gasteiger partial charge is 0.461 e. The SMILES string of the molecule is C=CC.C=CCOC(=O)[C@@]1(C)CCC2(C)[C@H](CCC3[C@@]4(C)CC[C@H](O)C(C)(C)C4CC[C@]32C)C1CCC.CC. The van der Waals surface area contributed by atoms with Gasteiger partial charge in [0, 0.05) is 0 Å². The summed E-state index contributed by atoms with van der Waals surface area (Å²) < 4.78 is 5.69. The van der Waals surface area contributed by atoms with Crippen LogP contribution in [0.4, 0.5) is 0 Å². The van der Waals surface area contributed by atoms with E-state index in [9.17, 15) is 9.90 Å². The van der Waals surface area contributed by atoms with Gasteiger partial charge >= 0.3 is 5.97 Å². The van der Waals surface area contributed by atoms with E-state index in [-0.39, 0.29) is 33.7 Å². The fourth-order valence-corrected chi connectivity index (χ4v) is 10.6. The molecule has 4 unspecified atom stereocenters. The lowest BCUT2D eigenvalue weighted by Gasteiger charge is -2.72. The van der Waals surface area contributed by atoms with Crippen molar-refractivity contribution >= 4 is 5.97 Å². The molecule has 0 bridgehead atoms. The molecule has 4 aliphatic rings. The lowest BCUT2D eigenvalue weighted by atomic mass is 9.32. The van der Waals surface area contributed by atoms with E-state index in [4.69, 9.17) is 4.74 Å². The van der Waals surface area contributed by atoms with Gasteiger partial charge in [0.2, 0.25) is 0 Å². The second-order valence-electron chi connectivity index (χ2n) is 14.7. The van der Waals surface area contributed by atoms with Crippen LogP contribution in [0.2, 0.25) is 0 Å². The Hall–Kier alpha value is -1.09. The van der Waals surface area contributed by atoms with Crippen LogP contribution in [0, 0.1) is 50.7 Å². The second kappa shape index (κ2) is 12.8. The molecule has 0 aromatic heterocycles. The van der Waals surface area contributed by atoms with Gasteiger partial charge in [-0.15, -0.1) is 6.58 Å². The summed E-state index contributed by atoms with van der Waals surface area (Å²) >= 11 is 0. The van der Waals surface area contributed by atoms with Crippen molar-refractivity contribution in [2.75, 3.05) is 6.61 Å². The predicted molar refractivity (Wildman–Crippen MR) is 166 cm³/mol. The molecular formula is C36H64O3. The molecule has 0 radical (unpaired) electrons. The van der Waals surface area contributed by atoms with E-state index in [2.05, 4.69) is 61.6 Å². The van der Waals surface area contributed by atoms with Crippen LogP contribution in [0.25, 0.3) is 0 Å². The molecule has 4 aliphatic carbocycles. The Morgan fingerprint density at radius 2 is 1.51 bits per heavy atom. The van der Waals surface area contributed by atoms with Crippen LogP contribution < -0.4 is 0 Å². The van der Waals surface area contributed by atoms with Crippen molar-refractivity contribution in [1.29, 1.82) is 0 Å². The molecular weight excluding hydrogens is 480 g/mol. The van der Waals surface area contributed by atoms with Crippen molar-refractivity contribution in [3.63, 3.8) is 0 Å². The van der Waals surface area contributed by atoms with E-state index in [1.165, 1.54) is 25.7 Å². The predicted octanol–water partition coefficient (Wildman–Crippen LogP) is 9.79. The van der Waals surface area contributed by atoms with Crippen molar-refractivity contribution < 1.29 is 14.6 Å². The number of ether oxygens (including phenoxy) is 1. The van der Waals surface area contributed by atoms with Crippen LogP contribution in [-0.2, 0) is 9.53 Å². The zero-order valence-corrected chi connectivity index (χ0v) is 27.5. The van der Waals surface area contributed by atoms with E-state index in [0.29, 0.717) is 35.7 Å². The first-order valence-electron chi connectivity index (χ1n) is 16.3. The summed E-state index contributed by atoms with van der Waals surface area (Å²) in [6.07, 6.45) is 14.7. The number of rotatable bonds is 5. The number of esters is 1. The van der Waals surface area contributed by atoms with Gasteiger partial charge in [0.1, 0.15) is 6.61 Å². The van der Waals surface area contributed by atoms with Gasteiger partial charge in [-0.2, -0.15) is 0 Å². The van der Waals surface area contributed by atoms with Crippen molar-refractivity contribution in [3.8, 4) is 0 Å². The highest BCUT2D eigenvalue weighted by molar-refractivity contribution is 5.77. The second-order valence-corrected chi connectivity index (χ2v) is 14.7. The van der Waals surface area contributed by atoms with Crippen molar-refractivity contribution in [2.24, 2.45) is 50.7 Å². The molecule has 0 aromatic rings. The third-order valence-corrected chi connectivity index (χ3v) is 12.8. The van der Waals surface area contributed by atoms with Crippen LogP contribution in [0.3, 0.4) is 0 Å². The standard InChI is InChI=1S/C31H52O3.C3H6.C2H6/c1-9-11-21-22-12-13-24-29(6)16-15-25(32)27(3,4)23(29)14-17-31(24,8)30(22,7)19-18-28(21,5)26(33)34-20-10-2;1-3-2;1-2/h10,21-25,32H,2,9,11-20H2,1,3-8H3;3H,1H2,2H3;1-2H3/t21?,22-,23?,24?,25+,28+,29+,30?,31-;;/m1../s1. The molecule has 4 saturated carbocycles. The van der Waals surface area contributed by atoms with Gasteiger partial charge in [0.05, 0.1) is 11.5 Å². The molecule has 0 spiro atoms. The third-order valence-electron chi connectivity index (χ3n) is 12.8. The van der Waals surface area contributed by atoms with E-state index < -0.39 is 0 Å². The Morgan fingerprint density at radius 1 is 0.897 bits per heavy atom. The van der Waals surface area contributed by atoms with Gasteiger partial charge in [0.15, 0.2) is 0 Å². The highest BCUT2D eigenvalue weighted by Gasteiger charge is 2.69. The number of carbonyl (C=O) groups is 1. The maximum Gasteiger partial charge on any atom is 0.312 e. The van der Waals surface area contributed by atoms with Crippen LogP contribution in [0.1, 0.15) is 133 Å². The van der Waals surface area contributed by atoms with Crippen molar-refractivity contribution in [2.45, 2.75) is 140 Å². The molecule has 4 rings (SSSR count). The van der Waals surface area contributed by atoms with E-state index in [1.807, 2.05) is 20.8 Å². The monoisotopic (exact) mass is 544 g/mol. The molecule has 4 fully saturated rings.